The van der Waals surface area contributed by atoms with Crippen LogP contribution < -0.4 is 20.1 Å². The number of ketones is 1. The molecule has 168 valence electrons. The zero-order chi connectivity index (χ0) is 23.0. The highest BCUT2D eigenvalue weighted by molar-refractivity contribution is 9.10. The maximum absolute atomic E-state index is 13.7. The molecule has 32 heavy (non-hydrogen) atoms. The van der Waals surface area contributed by atoms with E-state index in [2.05, 4.69) is 26.6 Å². The summed E-state index contributed by atoms with van der Waals surface area (Å²) < 4.78 is 16.6. The number of Topliss-reactive ketones (excluding diaryl/α,β-unsaturated/α-hetero) is 1. The smallest absolute Gasteiger partial charge is 0.316 e. The van der Waals surface area contributed by atoms with Crippen LogP contribution in [0.5, 0.6) is 11.5 Å². The van der Waals surface area contributed by atoms with Crippen molar-refractivity contribution < 1.29 is 23.8 Å². The van der Waals surface area contributed by atoms with Gasteiger partial charge < -0.3 is 24.8 Å². The molecule has 0 spiro atoms. The monoisotopic (exact) mass is 500 g/mol. The number of carbonyl (C=O) groups excluding carboxylic acids is 2. The van der Waals surface area contributed by atoms with E-state index >= 15 is 0 Å². The summed E-state index contributed by atoms with van der Waals surface area (Å²) in [6.07, 6.45) is 0.540. The molecule has 0 fully saturated rings. The molecule has 3 atom stereocenters. The molecule has 0 unspecified atom stereocenters. The van der Waals surface area contributed by atoms with E-state index in [9.17, 15) is 9.59 Å². The zero-order valence-corrected chi connectivity index (χ0v) is 19.9. The fraction of sp³-hybridized carbons (Fsp3) is 0.333. The van der Waals surface area contributed by atoms with Crippen LogP contribution in [0.2, 0.25) is 0 Å². The third kappa shape index (κ3) is 3.72. The van der Waals surface area contributed by atoms with Crippen LogP contribution in [0, 0.1) is 11.8 Å². The highest BCUT2D eigenvalue weighted by atomic mass is 79.9. The average molecular weight is 501 g/mol. The minimum atomic E-state index is -0.856. The Morgan fingerprint density at radius 3 is 2.38 bits per heavy atom. The molecular formula is C24H25BrN2O5. The summed E-state index contributed by atoms with van der Waals surface area (Å²) in [6.45, 7) is 1.90. The van der Waals surface area contributed by atoms with E-state index in [1.165, 1.54) is 7.11 Å². The highest BCUT2D eigenvalue weighted by Crippen LogP contribution is 2.46. The number of fused-ring (bicyclic) bond motifs is 1. The molecule has 4 rings (SSSR count). The Bertz CT molecular complexity index is 1110. The van der Waals surface area contributed by atoms with Gasteiger partial charge in [0.05, 0.1) is 38.7 Å². The van der Waals surface area contributed by atoms with Crippen LogP contribution in [0.4, 0.5) is 11.4 Å². The molecule has 1 aliphatic carbocycles. The van der Waals surface area contributed by atoms with Crippen molar-refractivity contribution in [1.82, 2.24) is 0 Å². The number of allylic oxidation sites excluding steroid dienone is 1. The van der Waals surface area contributed by atoms with Gasteiger partial charge in [0, 0.05) is 15.7 Å². The first-order valence-electron chi connectivity index (χ1n) is 10.3. The predicted molar refractivity (Wildman–Crippen MR) is 125 cm³/mol. The van der Waals surface area contributed by atoms with Gasteiger partial charge in [-0.15, -0.1) is 0 Å². The number of hydrogen-bond acceptors (Lipinski definition) is 7. The van der Waals surface area contributed by atoms with Crippen LogP contribution in [-0.4, -0.2) is 33.1 Å². The predicted octanol–water partition coefficient (Wildman–Crippen LogP) is 4.70. The Kier molecular flexibility index (Phi) is 6.15. The van der Waals surface area contributed by atoms with E-state index in [1.54, 1.807) is 14.2 Å². The summed E-state index contributed by atoms with van der Waals surface area (Å²) in [6, 6.07) is 10.9. The normalized spacial score (nSPS) is 22.0. The van der Waals surface area contributed by atoms with E-state index < -0.39 is 17.9 Å². The maximum atomic E-state index is 13.7. The minimum absolute atomic E-state index is 0.194. The SMILES string of the molecule is COC(=O)[C@H]1C(=O)C2=C(C[C@@H]1C)Nc1ccccc1N[C@H]2c1cc(OC)c(OC)cc1Br. The van der Waals surface area contributed by atoms with Gasteiger partial charge >= 0.3 is 5.97 Å². The van der Waals surface area contributed by atoms with E-state index in [4.69, 9.17) is 14.2 Å². The first-order valence-corrected chi connectivity index (χ1v) is 11.1. The molecule has 2 aromatic rings. The lowest BCUT2D eigenvalue weighted by molar-refractivity contribution is -0.151. The maximum Gasteiger partial charge on any atom is 0.316 e. The second kappa shape index (κ2) is 8.86. The Labute approximate surface area is 195 Å². The Balaban J connectivity index is 1.92. The van der Waals surface area contributed by atoms with Crippen molar-refractivity contribution in [3.63, 3.8) is 0 Å². The standard InChI is InChI=1S/C24H25BrN2O5/c1-12-9-17-21(23(28)20(12)24(29)32-4)22(27-16-8-6-5-7-15(16)26-17)13-10-18(30-2)19(31-3)11-14(13)25/h5-8,10-12,20,22,26-27H,9H2,1-4H3/t12-,20+,22-/m0/s1. The molecule has 2 aliphatic rings. The minimum Gasteiger partial charge on any atom is -0.493 e. The van der Waals surface area contributed by atoms with Crippen molar-refractivity contribution in [2.75, 3.05) is 32.0 Å². The van der Waals surface area contributed by atoms with Gasteiger partial charge in [-0.05, 0) is 42.2 Å². The number of para-hydroxylation sites is 2. The molecule has 8 heteroatoms. The van der Waals surface area contributed by atoms with Crippen molar-refractivity contribution in [2.24, 2.45) is 11.8 Å². The molecule has 0 saturated heterocycles. The Hall–Kier alpha value is -3.00. The lowest BCUT2D eigenvalue weighted by Crippen LogP contribution is -2.39. The molecule has 0 aromatic heterocycles. The van der Waals surface area contributed by atoms with E-state index in [1.807, 2.05) is 43.3 Å². The molecule has 0 bridgehead atoms. The number of benzene rings is 2. The number of methoxy groups -OCH3 is 3. The molecule has 0 saturated carbocycles. The van der Waals surface area contributed by atoms with Gasteiger partial charge in [0.15, 0.2) is 17.3 Å². The van der Waals surface area contributed by atoms with Crippen LogP contribution in [0.15, 0.2) is 52.1 Å². The average Bonchev–Trinajstić information content (AvgIpc) is 2.95. The van der Waals surface area contributed by atoms with Gasteiger partial charge in [-0.25, -0.2) is 0 Å². The number of anilines is 2. The Morgan fingerprint density at radius 2 is 1.72 bits per heavy atom. The topological polar surface area (TPSA) is 85.9 Å². The molecule has 7 nitrogen and oxygen atoms in total. The number of nitrogens with one attached hydrogen (secondary N) is 2. The van der Waals surface area contributed by atoms with Gasteiger partial charge in [0.1, 0.15) is 5.92 Å². The largest absolute Gasteiger partial charge is 0.493 e. The second-order valence-electron chi connectivity index (χ2n) is 7.92. The quantitative estimate of drug-likeness (QED) is 0.464. The van der Waals surface area contributed by atoms with Crippen LogP contribution in [-0.2, 0) is 14.3 Å². The van der Waals surface area contributed by atoms with Crippen molar-refractivity contribution >= 4 is 39.1 Å². The van der Waals surface area contributed by atoms with E-state index in [0.717, 1.165) is 27.1 Å². The molecule has 1 heterocycles. The van der Waals surface area contributed by atoms with Gasteiger partial charge in [0.25, 0.3) is 0 Å². The third-order valence-electron chi connectivity index (χ3n) is 6.04. The number of rotatable bonds is 4. The van der Waals surface area contributed by atoms with Gasteiger partial charge in [-0.2, -0.15) is 0 Å². The van der Waals surface area contributed by atoms with E-state index in [0.29, 0.717) is 23.5 Å². The molecule has 0 amide bonds. The van der Waals surface area contributed by atoms with Crippen molar-refractivity contribution in [1.29, 1.82) is 0 Å². The molecule has 1 aliphatic heterocycles. The molecule has 0 radical (unpaired) electrons. The molecule has 2 aromatic carbocycles. The number of hydrogen-bond donors (Lipinski definition) is 2. The van der Waals surface area contributed by atoms with Gasteiger partial charge in [-0.1, -0.05) is 35.0 Å². The first kappa shape index (κ1) is 22.2. The number of carbonyl (C=O) groups is 2. The van der Waals surface area contributed by atoms with Crippen LogP contribution in [0.3, 0.4) is 0 Å². The van der Waals surface area contributed by atoms with Crippen molar-refractivity contribution in [3.8, 4) is 11.5 Å². The number of halogens is 1. The fourth-order valence-corrected chi connectivity index (χ4v) is 5.01. The lowest BCUT2D eigenvalue weighted by atomic mass is 9.75. The highest BCUT2D eigenvalue weighted by Gasteiger charge is 2.44. The summed E-state index contributed by atoms with van der Waals surface area (Å²) in [5, 5.41) is 6.95. The summed E-state index contributed by atoms with van der Waals surface area (Å²) in [4.78, 5) is 26.2. The Morgan fingerprint density at radius 1 is 1.06 bits per heavy atom. The first-order chi connectivity index (χ1) is 15.4. The summed E-state index contributed by atoms with van der Waals surface area (Å²) in [5.41, 5.74) is 3.83. The number of esters is 1. The zero-order valence-electron chi connectivity index (χ0n) is 18.3. The van der Waals surface area contributed by atoms with Crippen LogP contribution in [0.25, 0.3) is 0 Å². The molecular weight excluding hydrogens is 476 g/mol. The van der Waals surface area contributed by atoms with Crippen LogP contribution >= 0.6 is 15.9 Å². The molecule has 2 N–H and O–H groups in total. The summed E-state index contributed by atoms with van der Waals surface area (Å²) >= 11 is 3.64. The fourth-order valence-electron chi connectivity index (χ4n) is 4.46. The van der Waals surface area contributed by atoms with Crippen molar-refractivity contribution in [2.45, 2.75) is 19.4 Å². The third-order valence-corrected chi connectivity index (χ3v) is 6.73. The second-order valence-corrected chi connectivity index (χ2v) is 8.77. The van der Waals surface area contributed by atoms with Gasteiger partial charge in [-0.3, -0.25) is 9.59 Å². The van der Waals surface area contributed by atoms with Gasteiger partial charge in [0.2, 0.25) is 0 Å². The summed E-state index contributed by atoms with van der Waals surface area (Å²) in [5.74, 6) is -0.696. The van der Waals surface area contributed by atoms with E-state index in [-0.39, 0.29) is 11.7 Å². The van der Waals surface area contributed by atoms with Crippen LogP contribution in [0.1, 0.15) is 24.9 Å². The summed E-state index contributed by atoms with van der Waals surface area (Å²) in [7, 11) is 4.45. The van der Waals surface area contributed by atoms with Crippen molar-refractivity contribution in [3.05, 3.63) is 57.7 Å². The number of ether oxygens (including phenoxy) is 3. The lowest BCUT2D eigenvalue weighted by Gasteiger charge is -2.33.